The smallest absolute Gasteiger partial charge is 0.193 e. The Morgan fingerprint density at radius 1 is 1.48 bits per heavy atom. The van der Waals surface area contributed by atoms with Crippen LogP contribution in [0.25, 0.3) is 0 Å². The largest absolute Gasteiger partial charge is 0.357 e. The molecule has 0 spiro atoms. The lowest BCUT2D eigenvalue weighted by atomic mass is 10.1. The van der Waals surface area contributed by atoms with Crippen molar-refractivity contribution >= 4 is 41.7 Å². The van der Waals surface area contributed by atoms with Crippen LogP contribution in [0.2, 0.25) is 0 Å². The molecule has 1 N–H and O–H groups in total. The Morgan fingerprint density at radius 3 is 2.96 bits per heavy atom. The molecule has 0 saturated carbocycles. The molecule has 7 heteroatoms. The van der Waals surface area contributed by atoms with Crippen molar-refractivity contribution in [3.8, 4) is 0 Å². The summed E-state index contributed by atoms with van der Waals surface area (Å²) in [6.45, 7) is 11.7. The second kappa shape index (κ2) is 11.2. The van der Waals surface area contributed by atoms with Crippen LogP contribution in [0.5, 0.6) is 0 Å². The molecule has 0 aromatic carbocycles. The van der Waals surface area contributed by atoms with E-state index in [9.17, 15) is 0 Å². The molecule has 1 saturated heterocycles. The molecule has 1 aromatic rings. The number of guanidine groups is 1. The van der Waals surface area contributed by atoms with E-state index in [1.165, 1.54) is 5.75 Å². The highest BCUT2D eigenvalue weighted by Crippen LogP contribution is 2.24. The summed E-state index contributed by atoms with van der Waals surface area (Å²) in [5.41, 5.74) is 0. The lowest BCUT2D eigenvalue weighted by Gasteiger charge is -2.36. The van der Waals surface area contributed by atoms with E-state index < -0.39 is 0 Å². The molecule has 0 amide bonds. The molecule has 0 radical (unpaired) electrons. The Bertz CT molecular complexity index is 449. The van der Waals surface area contributed by atoms with Gasteiger partial charge in [-0.3, -0.25) is 9.67 Å². The maximum Gasteiger partial charge on any atom is 0.193 e. The zero-order valence-corrected chi connectivity index (χ0v) is 17.6. The molecule has 132 valence electrons. The number of rotatable bonds is 6. The van der Waals surface area contributed by atoms with Crippen molar-refractivity contribution in [2.24, 2.45) is 10.9 Å². The van der Waals surface area contributed by atoms with Gasteiger partial charge in [0, 0.05) is 56.1 Å². The summed E-state index contributed by atoms with van der Waals surface area (Å²) in [4.78, 5) is 7.24. The van der Waals surface area contributed by atoms with Gasteiger partial charge >= 0.3 is 0 Å². The minimum Gasteiger partial charge on any atom is -0.357 e. The predicted octanol–water partition coefficient (Wildman–Crippen LogP) is 2.93. The number of thioether (sulfide) groups is 1. The summed E-state index contributed by atoms with van der Waals surface area (Å²) in [7, 11) is 0. The number of aliphatic imine (C=N–C) groups is 1. The molecule has 2 heterocycles. The third kappa shape index (κ3) is 6.91. The van der Waals surface area contributed by atoms with Crippen molar-refractivity contribution in [1.82, 2.24) is 20.0 Å². The molecule has 1 aromatic heterocycles. The van der Waals surface area contributed by atoms with Gasteiger partial charge in [0.15, 0.2) is 5.96 Å². The van der Waals surface area contributed by atoms with E-state index in [1.54, 1.807) is 0 Å². The van der Waals surface area contributed by atoms with E-state index in [0.717, 1.165) is 51.0 Å². The van der Waals surface area contributed by atoms with E-state index in [-0.39, 0.29) is 24.0 Å². The molecule has 1 unspecified atom stereocenters. The van der Waals surface area contributed by atoms with Gasteiger partial charge in [-0.25, -0.2) is 0 Å². The zero-order chi connectivity index (χ0) is 15.8. The van der Waals surface area contributed by atoms with Gasteiger partial charge in [-0.05, 0) is 25.3 Å². The molecule has 1 aliphatic rings. The van der Waals surface area contributed by atoms with Gasteiger partial charge < -0.3 is 10.2 Å². The highest BCUT2D eigenvalue weighted by Gasteiger charge is 2.24. The van der Waals surface area contributed by atoms with Gasteiger partial charge in [0.05, 0.1) is 0 Å². The van der Waals surface area contributed by atoms with Crippen LogP contribution in [0, 0.1) is 5.92 Å². The summed E-state index contributed by atoms with van der Waals surface area (Å²) >= 11 is 2.10. The average Bonchev–Trinajstić information content (AvgIpc) is 3.04. The standard InChI is InChI=1S/C16H29N5S.HI/c1-4-17-16(18-7-5-9-21-10-6-8-19-21)20-11-12-22-15(13-20)14(2)3;/h6,8,10,14-15H,4-5,7,9,11-13H2,1-3H3,(H,17,18);1H. The fraction of sp³-hybridized carbons (Fsp3) is 0.750. The SMILES string of the molecule is CCNC(=NCCCn1cccn1)N1CCSC(C(C)C)C1.I. The lowest BCUT2D eigenvalue weighted by Crippen LogP contribution is -2.49. The monoisotopic (exact) mass is 451 g/mol. The average molecular weight is 451 g/mol. The Morgan fingerprint density at radius 2 is 2.30 bits per heavy atom. The minimum absolute atomic E-state index is 0. The van der Waals surface area contributed by atoms with Crippen molar-refractivity contribution in [2.75, 3.05) is 31.9 Å². The molecule has 1 atom stereocenters. The maximum absolute atomic E-state index is 4.81. The summed E-state index contributed by atoms with van der Waals surface area (Å²) in [6, 6.07) is 1.96. The molecule has 0 bridgehead atoms. The third-order valence-corrected chi connectivity index (χ3v) is 5.38. The molecule has 2 rings (SSSR count). The molecule has 5 nitrogen and oxygen atoms in total. The van der Waals surface area contributed by atoms with Crippen molar-refractivity contribution in [2.45, 2.75) is 39.0 Å². The first-order valence-corrected chi connectivity index (χ1v) is 9.38. The van der Waals surface area contributed by atoms with Crippen molar-refractivity contribution < 1.29 is 0 Å². The fourth-order valence-corrected chi connectivity index (χ4v) is 3.85. The first kappa shape index (κ1) is 20.6. The Hall–Kier alpha value is -0.440. The topological polar surface area (TPSA) is 45.5 Å². The lowest BCUT2D eigenvalue weighted by molar-refractivity contribution is 0.380. The van der Waals surface area contributed by atoms with Crippen LogP contribution in [0.15, 0.2) is 23.5 Å². The first-order valence-electron chi connectivity index (χ1n) is 8.33. The number of nitrogens with zero attached hydrogens (tertiary/aromatic N) is 4. The van der Waals surface area contributed by atoms with Gasteiger partial charge in [0.2, 0.25) is 0 Å². The third-order valence-electron chi connectivity index (χ3n) is 3.84. The molecular weight excluding hydrogens is 421 g/mol. The van der Waals surface area contributed by atoms with E-state index in [1.807, 2.05) is 23.1 Å². The van der Waals surface area contributed by atoms with Crippen molar-refractivity contribution in [3.05, 3.63) is 18.5 Å². The first-order chi connectivity index (χ1) is 10.7. The minimum atomic E-state index is 0. The maximum atomic E-state index is 4.81. The highest BCUT2D eigenvalue weighted by molar-refractivity contribution is 14.0. The quantitative estimate of drug-likeness (QED) is 0.313. The van der Waals surface area contributed by atoms with Crippen LogP contribution in [0.4, 0.5) is 0 Å². The zero-order valence-electron chi connectivity index (χ0n) is 14.4. The van der Waals surface area contributed by atoms with E-state index in [0.29, 0.717) is 5.25 Å². The van der Waals surface area contributed by atoms with E-state index >= 15 is 0 Å². The van der Waals surface area contributed by atoms with E-state index in [4.69, 9.17) is 4.99 Å². The number of nitrogens with one attached hydrogen (secondary N) is 1. The normalized spacial score (nSPS) is 18.9. The summed E-state index contributed by atoms with van der Waals surface area (Å²) in [6.07, 6.45) is 4.85. The number of aryl methyl sites for hydroxylation is 1. The molecule has 0 aliphatic carbocycles. The van der Waals surface area contributed by atoms with Gasteiger partial charge in [-0.1, -0.05) is 13.8 Å². The summed E-state index contributed by atoms with van der Waals surface area (Å²) < 4.78 is 1.97. The van der Waals surface area contributed by atoms with Gasteiger partial charge in [0.25, 0.3) is 0 Å². The van der Waals surface area contributed by atoms with Crippen LogP contribution in [0.1, 0.15) is 27.2 Å². The van der Waals surface area contributed by atoms with Crippen molar-refractivity contribution in [1.29, 1.82) is 0 Å². The van der Waals surface area contributed by atoms with Crippen molar-refractivity contribution in [3.63, 3.8) is 0 Å². The second-order valence-electron chi connectivity index (χ2n) is 5.96. The van der Waals surface area contributed by atoms with Gasteiger partial charge in [-0.15, -0.1) is 24.0 Å². The number of hydrogen-bond donors (Lipinski definition) is 1. The Labute approximate surface area is 161 Å². The Kier molecular flexibility index (Phi) is 10.0. The molecule has 1 fully saturated rings. The molecule has 1 aliphatic heterocycles. The predicted molar refractivity (Wildman–Crippen MR) is 111 cm³/mol. The highest BCUT2D eigenvalue weighted by atomic mass is 127. The molecular formula is C16H30IN5S. The number of hydrogen-bond acceptors (Lipinski definition) is 3. The van der Waals surface area contributed by atoms with Gasteiger partial charge in [0.1, 0.15) is 0 Å². The van der Waals surface area contributed by atoms with Crippen LogP contribution in [-0.2, 0) is 6.54 Å². The van der Waals surface area contributed by atoms with Gasteiger partial charge in [-0.2, -0.15) is 16.9 Å². The Balaban J connectivity index is 0.00000264. The number of halogens is 1. The fourth-order valence-electron chi connectivity index (χ4n) is 2.55. The van der Waals surface area contributed by atoms with Crippen LogP contribution < -0.4 is 5.32 Å². The second-order valence-corrected chi connectivity index (χ2v) is 7.30. The molecule has 23 heavy (non-hydrogen) atoms. The van der Waals surface area contributed by atoms with Crippen LogP contribution >= 0.6 is 35.7 Å². The summed E-state index contributed by atoms with van der Waals surface area (Å²) in [5, 5.41) is 8.39. The van der Waals surface area contributed by atoms with Crippen LogP contribution in [0.3, 0.4) is 0 Å². The van der Waals surface area contributed by atoms with Crippen LogP contribution in [-0.4, -0.2) is 57.8 Å². The van der Waals surface area contributed by atoms with E-state index in [2.05, 4.69) is 47.8 Å². The summed E-state index contributed by atoms with van der Waals surface area (Å²) in [5.74, 6) is 2.99. The number of aromatic nitrogens is 2.